The van der Waals surface area contributed by atoms with Crippen molar-refractivity contribution in [2.24, 2.45) is 5.92 Å². The standard InChI is InChI=1S/C16H20O2/c1-3-12-7-8-16(17,10-12)14-9-13-6-4-5-11(2)15(13)18-14/h4-6,9,12,17H,3,7-8,10H2,1-2H3. The Morgan fingerprint density at radius 1 is 1.44 bits per heavy atom. The fourth-order valence-corrected chi connectivity index (χ4v) is 3.14. The molecule has 2 aromatic rings. The Balaban J connectivity index is 2.02. The first kappa shape index (κ1) is 11.8. The van der Waals surface area contributed by atoms with Crippen molar-refractivity contribution in [1.82, 2.24) is 0 Å². The third-order valence-corrected chi connectivity index (χ3v) is 4.37. The van der Waals surface area contributed by atoms with Gasteiger partial charge in [-0.05, 0) is 43.7 Å². The van der Waals surface area contributed by atoms with Crippen LogP contribution in [0.25, 0.3) is 11.0 Å². The number of hydrogen-bond donors (Lipinski definition) is 1. The van der Waals surface area contributed by atoms with E-state index in [0.29, 0.717) is 5.92 Å². The Labute approximate surface area is 108 Å². The van der Waals surface area contributed by atoms with Crippen LogP contribution in [0.3, 0.4) is 0 Å². The van der Waals surface area contributed by atoms with Crippen LogP contribution in [0.5, 0.6) is 0 Å². The van der Waals surface area contributed by atoms with Crippen molar-refractivity contribution < 1.29 is 9.52 Å². The molecule has 2 heteroatoms. The summed E-state index contributed by atoms with van der Waals surface area (Å²) in [6.07, 6.45) is 3.90. The van der Waals surface area contributed by atoms with Gasteiger partial charge in [0.05, 0.1) is 0 Å². The van der Waals surface area contributed by atoms with Crippen LogP contribution in [-0.2, 0) is 5.60 Å². The van der Waals surface area contributed by atoms with Gasteiger partial charge in [0, 0.05) is 5.39 Å². The highest BCUT2D eigenvalue weighted by Gasteiger charge is 2.40. The van der Waals surface area contributed by atoms with E-state index < -0.39 is 5.60 Å². The molecule has 2 atom stereocenters. The van der Waals surface area contributed by atoms with Crippen LogP contribution in [0.15, 0.2) is 28.7 Å². The van der Waals surface area contributed by atoms with E-state index >= 15 is 0 Å². The molecule has 0 saturated heterocycles. The summed E-state index contributed by atoms with van der Waals surface area (Å²) in [5, 5.41) is 11.9. The van der Waals surface area contributed by atoms with Crippen molar-refractivity contribution in [3.63, 3.8) is 0 Å². The molecule has 1 saturated carbocycles. The maximum absolute atomic E-state index is 10.8. The van der Waals surface area contributed by atoms with Crippen molar-refractivity contribution >= 4 is 11.0 Å². The second-order valence-electron chi connectivity index (χ2n) is 5.65. The minimum Gasteiger partial charge on any atom is -0.458 e. The third kappa shape index (κ3) is 1.76. The normalized spacial score (nSPS) is 28.1. The molecule has 3 rings (SSSR count). The number of furan rings is 1. The van der Waals surface area contributed by atoms with Gasteiger partial charge in [-0.25, -0.2) is 0 Å². The molecule has 1 aromatic carbocycles. The van der Waals surface area contributed by atoms with Crippen molar-refractivity contribution in [3.05, 3.63) is 35.6 Å². The van der Waals surface area contributed by atoms with Gasteiger partial charge in [0.25, 0.3) is 0 Å². The van der Waals surface area contributed by atoms with Gasteiger partial charge in [-0.15, -0.1) is 0 Å². The second kappa shape index (κ2) is 4.13. The fraction of sp³-hybridized carbons (Fsp3) is 0.500. The minimum atomic E-state index is -0.744. The van der Waals surface area contributed by atoms with E-state index in [9.17, 15) is 5.11 Å². The van der Waals surface area contributed by atoms with Crippen LogP contribution in [-0.4, -0.2) is 5.11 Å². The van der Waals surface area contributed by atoms with E-state index in [-0.39, 0.29) is 0 Å². The number of benzene rings is 1. The van der Waals surface area contributed by atoms with Crippen LogP contribution in [0.4, 0.5) is 0 Å². The average Bonchev–Trinajstić information content (AvgIpc) is 2.94. The lowest BCUT2D eigenvalue weighted by Gasteiger charge is -2.19. The maximum atomic E-state index is 10.8. The van der Waals surface area contributed by atoms with E-state index in [1.54, 1.807) is 0 Å². The third-order valence-electron chi connectivity index (χ3n) is 4.37. The quantitative estimate of drug-likeness (QED) is 0.861. The van der Waals surface area contributed by atoms with E-state index in [0.717, 1.165) is 48.0 Å². The summed E-state index contributed by atoms with van der Waals surface area (Å²) in [7, 11) is 0. The van der Waals surface area contributed by atoms with Crippen molar-refractivity contribution in [3.8, 4) is 0 Å². The molecule has 18 heavy (non-hydrogen) atoms. The van der Waals surface area contributed by atoms with Crippen molar-refractivity contribution in [2.45, 2.75) is 45.1 Å². The molecule has 0 spiro atoms. The molecule has 0 radical (unpaired) electrons. The number of aryl methyl sites for hydroxylation is 1. The molecule has 0 bridgehead atoms. The molecule has 1 aromatic heterocycles. The summed E-state index contributed by atoms with van der Waals surface area (Å²) in [6.45, 7) is 4.24. The van der Waals surface area contributed by atoms with Crippen LogP contribution in [0.1, 0.15) is 43.9 Å². The molecule has 1 heterocycles. The Bertz CT molecular complexity index is 569. The molecule has 1 aliphatic rings. The SMILES string of the molecule is CCC1CCC(O)(c2cc3cccc(C)c3o2)C1. The Kier molecular flexibility index (Phi) is 2.70. The van der Waals surface area contributed by atoms with E-state index in [2.05, 4.69) is 6.92 Å². The molecule has 2 nitrogen and oxygen atoms in total. The molecule has 96 valence electrons. The number of aliphatic hydroxyl groups is 1. The number of rotatable bonds is 2. The number of fused-ring (bicyclic) bond motifs is 1. The first-order chi connectivity index (χ1) is 8.62. The minimum absolute atomic E-state index is 0.629. The molecular weight excluding hydrogens is 224 g/mol. The van der Waals surface area contributed by atoms with Crippen LogP contribution in [0.2, 0.25) is 0 Å². The summed E-state index contributed by atoms with van der Waals surface area (Å²) < 4.78 is 5.93. The summed E-state index contributed by atoms with van der Waals surface area (Å²) in [5.41, 5.74) is 1.31. The van der Waals surface area contributed by atoms with Gasteiger partial charge in [-0.3, -0.25) is 0 Å². The van der Waals surface area contributed by atoms with E-state index in [1.165, 1.54) is 0 Å². The summed E-state index contributed by atoms with van der Waals surface area (Å²) in [4.78, 5) is 0. The number of para-hydroxylation sites is 1. The van der Waals surface area contributed by atoms with E-state index in [1.807, 2.05) is 31.2 Å². The van der Waals surface area contributed by atoms with Gasteiger partial charge in [0.2, 0.25) is 0 Å². The highest BCUT2D eigenvalue weighted by atomic mass is 16.4. The highest BCUT2D eigenvalue weighted by Crippen LogP contribution is 2.44. The van der Waals surface area contributed by atoms with Gasteiger partial charge in [-0.1, -0.05) is 31.5 Å². The second-order valence-corrected chi connectivity index (χ2v) is 5.65. The fourth-order valence-electron chi connectivity index (χ4n) is 3.14. The Morgan fingerprint density at radius 3 is 2.94 bits per heavy atom. The zero-order chi connectivity index (χ0) is 12.8. The molecular formula is C16H20O2. The largest absolute Gasteiger partial charge is 0.458 e. The van der Waals surface area contributed by atoms with Gasteiger partial charge >= 0.3 is 0 Å². The van der Waals surface area contributed by atoms with Gasteiger partial charge in [-0.2, -0.15) is 0 Å². The summed E-state index contributed by atoms with van der Waals surface area (Å²) in [5.74, 6) is 1.38. The molecule has 2 unspecified atom stereocenters. The first-order valence-corrected chi connectivity index (χ1v) is 6.84. The highest BCUT2D eigenvalue weighted by molar-refractivity contribution is 5.81. The van der Waals surface area contributed by atoms with Crippen LogP contribution >= 0.6 is 0 Å². The zero-order valence-electron chi connectivity index (χ0n) is 11.1. The Morgan fingerprint density at radius 2 is 2.28 bits per heavy atom. The van der Waals surface area contributed by atoms with Gasteiger partial charge < -0.3 is 9.52 Å². The lowest BCUT2D eigenvalue weighted by molar-refractivity contribution is 0.0192. The Hall–Kier alpha value is -1.28. The predicted octanol–water partition coefficient (Wildman–Crippen LogP) is 4.14. The monoisotopic (exact) mass is 244 g/mol. The smallest absolute Gasteiger partial charge is 0.137 e. The summed E-state index contributed by atoms with van der Waals surface area (Å²) in [6, 6.07) is 8.14. The number of hydrogen-bond acceptors (Lipinski definition) is 2. The van der Waals surface area contributed by atoms with E-state index in [4.69, 9.17) is 4.42 Å². The topological polar surface area (TPSA) is 33.4 Å². The lowest BCUT2D eigenvalue weighted by Crippen LogP contribution is -2.20. The first-order valence-electron chi connectivity index (χ1n) is 6.84. The zero-order valence-corrected chi connectivity index (χ0v) is 11.1. The molecule has 1 aliphatic carbocycles. The maximum Gasteiger partial charge on any atom is 0.137 e. The lowest BCUT2D eigenvalue weighted by atomic mass is 9.96. The van der Waals surface area contributed by atoms with Gasteiger partial charge in [0.1, 0.15) is 16.9 Å². The molecule has 0 amide bonds. The van der Waals surface area contributed by atoms with Crippen molar-refractivity contribution in [2.75, 3.05) is 0 Å². The molecule has 0 aliphatic heterocycles. The van der Waals surface area contributed by atoms with Crippen LogP contribution in [0, 0.1) is 12.8 Å². The predicted molar refractivity (Wildman–Crippen MR) is 72.5 cm³/mol. The summed E-state index contributed by atoms with van der Waals surface area (Å²) >= 11 is 0. The molecule has 1 N–H and O–H groups in total. The van der Waals surface area contributed by atoms with Crippen molar-refractivity contribution in [1.29, 1.82) is 0 Å². The molecule has 1 fully saturated rings. The van der Waals surface area contributed by atoms with Gasteiger partial charge in [0.15, 0.2) is 0 Å². The average molecular weight is 244 g/mol. The van der Waals surface area contributed by atoms with Crippen LogP contribution < -0.4 is 0 Å².